The van der Waals surface area contributed by atoms with Crippen molar-refractivity contribution in [2.75, 3.05) is 13.1 Å². The number of hydrogen-bond acceptors (Lipinski definition) is 3. The minimum atomic E-state index is 0.0502. The molecule has 3 aliphatic rings. The molecule has 1 aromatic carbocycles. The first-order valence-corrected chi connectivity index (χ1v) is 9.95. The van der Waals surface area contributed by atoms with Crippen LogP contribution in [0.4, 0.5) is 0 Å². The van der Waals surface area contributed by atoms with Crippen molar-refractivity contribution in [1.82, 2.24) is 10.2 Å². The number of benzene rings is 1. The molecular weight excluding hydrogens is 312 g/mol. The van der Waals surface area contributed by atoms with E-state index in [-0.39, 0.29) is 12.5 Å². The number of rotatable bonds is 6. The summed E-state index contributed by atoms with van der Waals surface area (Å²) in [7, 11) is 0. The van der Waals surface area contributed by atoms with Crippen LogP contribution in [-0.2, 0) is 17.8 Å². The van der Waals surface area contributed by atoms with Crippen LogP contribution < -0.4 is 5.32 Å². The zero-order valence-corrected chi connectivity index (χ0v) is 15.0. The molecule has 2 saturated carbocycles. The second-order valence-corrected chi connectivity index (χ2v) is 8.22. The highest BCUT2D eigenvalue weighted by Gasteiger charge is 2.44. The first-order valence-electron chi connectivity index (χ1n) is 9.95. The van der Waals surface area contributed by atoms with Crippen LogP contribution >= 0.6 is 0 Å². The number of aliphatic hydroxyl groups is 1. The van der Waals surface area contributed by atoms with E-state index in [1.54, 1.807) is 0 Å². The van der Waals surface area contributed by atoms with Crippen LogP contribution in [0.2, 0.25) is 0 Å². The third-order valence-electron chi connectivity index (χ3n) is 6.38. The molecule has 0 unspecified atom stereocenters. The average Bonchev–Trinajstić information content (AvgIpc) is 3.15. The van der Waals surface area contributed by atoms with Gasteiger partial charge in [-0.05, 0) is 48.6 Å². The van der Waals surface area contributed by atoms with E-state index in [1.165, 1.54) is 45.1 Å². The van der Waals surface area contributed by atoms with E-state index in [2.05, 4.69) is 10.2 Å². The lowest BCUT2D eigenvalue weighted by Crippen LogP contribution is -2.42. The third-order valence-corrected chi connectivity index (χ3v) is 6.38. The molecule has 2 aliphatic carbocycles. The molecular formula is C21H30N2O2. The van der Waals surface area contributed by atoms with Crippen molar-refractivity contribution in [2.24, 2.45) is 11.8 Å². The summed E-state index contributed by atoms with van der Waals surface area (Å²) in [6.45, 7) is 2.28. The lowest BCUT2D eigenvalue weighted by atomic mass is 9.97. The van der Waals surface area contributed by atoms with Gasteiger partial charge in [-0.15, -0.1) is 0 Å². The maximum Gasteiger partial charge on any atom is 0.224 e. The summed E-state index contributed by atoms with van der Waals surface area (Å²) >= 11 is 0. The molecule has 1 saturated heterocycles. The summed E-state index contributed by atoms with van der Waals surface area (Å²) in [4.78, 5) is 15.2. The number of carbonyl (C=O) groups is 1. The fourth-order valence-electron chi connectivity index (χ4n) is 4.79. The molecule has 4 heteroatoms. The Morgan fingerprint density at radius 1 is 1.04 bits per heavy atom. The van der Waals surface area contributed by atoms with Gasteiger partial charge < -0.3 is 10.4 Å². The zero-order valence-electron chi connectivity index (χ0n) is 15.0. The van der Waals surface area contributed by atoms with Gasteiger partial charge in [-0.3, -0.25) is 9.69 Å². The highest BCUT2D eigenvalue weighted by molar-refractivity contribution is 5.79. The van der Waals surface area contributed by atoms with Crippen molar-refractivity contribution in [1.29, 1.82) is 0 Å². The number of hydrogen-bond donors (Lipinski definition) is 2. The molecule has 1 aromatic rings. The fourth-order valence-corrected chi connectivity index (χ4v) is 4.79. The van der Waals surface area contributed by atoms with Gasteiger partial charge in [0.25, 0.3) is 0 Å². The molecule has 1 amide bonds. The van der Waals surface area contributed by atoms with Crippen molar-refractivity contribution in [3.8, 4) is 0 Å². The van der Waals surface area contributed by atoms with E-state index >= 15 is 0 Å². The summed E-state index contributed by atoms with van der Waals surface area (Å²) in [6, 6.07) is 8.78. The largest absolute Gasteiger partial charge is 0.392 e. The lowest BCUT2D eigenvalue weighted by molar-refractivity contribution is -0.121. The molecule has 136 valence electrons. The second kappa shape index (κ2) is 7.46. The number of carbonyl (C=O) groups excluding carboxylic acids is 1. The van der Waals surface area contributed by atoms with Crippen molar-refractivity contribution < 1.29 is 9.90 Å². The van der Waals surface area contributed by atoms with Gasteiger partial charge in [-0.25, -0.2) is 0 Å². The topological polar surface area (TPSA) is 52.6 Å². The number of nitrogens with one attached hydrogen (secondary N) is 1. The number of aliphatic hydroxyl groups excluding tert-OH is 1. The number of nitrogens with zero attached hydrogens (tertiary/aromatic N) is 1. The molecule has 3 fully saturated rings. The SMILES string of the molecule is O=C(Cc1ccc(CO)cc1)N[C@H]1CN(C2CCCC2)C[C@@H]1C1CC1. The van der Waals surface area contributed by atoms with E-state index in [0.717, 1.165) is 29.6 Å². The standard InChI is InChI=1S/C21H30N2O2/c24-14-16-7-5-15(6-8-16)11-21(25)22-20-13-23(18-3-1-2-4-18)12-19(20)17-9-10-17/h5-8,17-20,24H,1-4,9-14H2,(H,22,25)/t19-,20+/m1/s1. The Kier molecular flexibility index (Phi) is 5.09. The minimum Gasteiger partial charge on any atom is -0.392 e. The van der Waals surface area contributed by atoms with Crippen LogP contribution in [0.5, 0.6) is 0 Å². The molecule has 2 atom stereocenters. The van der Waals surface area contributed by atoms with Gasteiger partial charge >= 0.3 is 0 Å². The Hall–Kier alpha value is -1.39. The Balaban J connectivity index is 1.35. The normalized spacial score (nSPS) is 27.7. The summed E-state index contributed by atoms with van der Waals surface area (Å²) in [6.07, 6.45) is 8.55. The molecule has 25 heavy (non-hydrogen) atoms. The first kappa shape index (κ1) is 17.0. The van der Waals surface area contributed by atoms with E-state index in [4.69, 9.17) is 5.11 Å². The zero-order chi connectivity index (χ0) is 17.2. The highest BCUT2D eigenvalue weighted by Crippen LogP contribution is 2.42. The molecule has 2 N–H and O–H groups in total. The summed E-state index contributed by atoms with van der Waals surface area (Å²) in [5, 5.41) is 12.5. The predicted octanol–water partition coefficient (Wildman–Crippen LogP) is 2.49. The van der Waals surface area contributed by atoms with Crippen LogP contribution in [0, 0.1) is 11.8 Å². The molecule has 4 rings (SSSR count). The Labute approximate surface area is 150 Å². The minimum absolute atomic E-state index is 0.0502. The van der Waals surface area contributed by atoms with Gasteiger partial charge in [0, 0.05) is 25.2 Å². The van der Waals surface area contributed by atoms with Crippen LogP contribution in [0.3, 0.4) is 0 Å². The van der Waals surface area contributed by atoms with Gasteiger partial charge in [0.15, 0.2) is 0 Å². The molecule has 0 bridgehead atoms. The van der Waals surface area contributed by atoms with Crippen molar-refractivity contribution >= 4 is 5.91 Å². The van der Waals surface area contributed by atoms with Crippen molar-refractivity contribution in [3.63, 3.8) is 0 Å². The summed E-state index contributed by atoms with van der Waals surface area (Å²) < 4.78 is 0. The Bertz CT molecular complexity index is 590. The quantitative estimate of drug-likeness (QED) is 0.835. The summed E-state index contributed by atoms with van der Waals surface area (Å²) in [5.74, 6) is 1.63. The van der Waals surface area contributed by atoms with Crippen LogP contribution in [0.25, 0.3) is 0 Å². The van der Waals surface area contributed by atoms with Gasteiger partial charge in [0.1, 0.15) is 0 Å². The fraction of sp³-hybridized carbons (Fsp3) is 0.667. The van der Waals surface area contributed by atoms with Crippen LogP contribution in [0.15, 0.2) is 24.3 Å². The van der Waals surface area contributed by atoms with Gasteiger partial charge in [-0.1, -0.05) is 37.1 Å². The van der Waals surface area contributed by atoms with Gasteiger partial charge in [0.2, 0.25) is 5.91 Å². The lowest BCUT2D eigenvalue weighted by Gasteiger charge is -2.23. The van der Waals surface area contributed by atoms with E-state index in [9.17, 15) is 4.79 Å². The van der Waals surface area contributed by atoms with Crippen LogP contribution in [-0.4, -0.2) is 41.1 Å². The maximum absolute atomic E-state index is 12.6. The van der Waals surface area contributed by atoms with E-state index < -0.39 is 0 Å². The second-order valence-electron chi connectivity index (χ2n) is 8.22. The number of amides is 1. The predicted molar refractivity (Wildman–Crippen MR) is 98.0 cm³/mol. The molecule has 0 spiro atoms. The highest BCUT2D eigenvalue weighted by atomic mass is 16.3. The van der Waals surface area contributed by atoms with Crippen molar-refractivity contribution in [2.45, 2.75) is 63.6 Å². The number of likely N-dealkylation sites (tertiary alicyclic amines) is 1. The molecule has 0 radical (unpaired) electrons. The molecule has 0 aromatic heterocycles. The monoisotopic (exact) mass is 342 g/mol. The average molecular weight is 342 g/mol. The van der Waals surface area contributed by atoms with Gasteiger partial charge in [-0.2, -0.15) is 0 Å². The molecule has 4 nitrogen and oxygen atoms in total. The summed E-state index contributed by atoms with van der Waals surface area (Å²) in [5.41, 5.74) is 1.91. The smallest absolute Gasteiger partial charge is 0.224 e. The van der Waals surface area contributed by atoms with Crippen molar-refractivity contribution in [3.05, 3.63) is 35.4 Å². The molecule has 1 heterocycles. The van der Waals surface area contributed by atoms with Gasteiger partial charge in [0.05, 0.1) is 13.0 Å². The Morgan fingerprint density at radius 3 is 2.36 bits per heavy atom. The van der Waals surface area contributed by atoms with Crippen LogP contribution in [0.1, 0.15) is 49.7 Å². The first-order chi connectivity index (χ1) is 12.2. The third kappa shape index (κ3) is 4.06. The van der Waals surface area contributed by atoms with E-state index in [1.807, 2.05) is 24.3 Å². The van der Waals surface area contributed by atoms with E-state index in [0.29, 0.717) is 18.4 Å². The maximum atomic E-state index is 12.6. The molecule has 1 aliphatic heterocycles. The Morgan fingerprint density at radius 2 is 1.72 bits per heavy atom.